The second kappa shape index (κ2) is 7.10. The molecule has 1 amide bonds. The van der Waals surface area contributed by atoms with E-state index in [9.17, 15) is 17.6 Å². The predicted octanol–water partition coefficient (Wildman–Crippen LogP) is 3.13. The Morgan fingerprint density at radius 3 is 2.39 bits per heavy atom. The fourth-order valence-electron chi connectivity index (χ4n) is 2.09. The van der Waals surface area contributed by atoms with E-state index in [1.54, 1.807) is 19.1 Å². The molecule has 2 aromatic rings. The molecule has 1 atom stereocenters. The Labute approximate surface area is 139 Å². The molecule has 0 aliphatic carbocycles. The zero-order chi connectivity index (χ0) is 17.0. The number of halogens is 2. The lowest BCUT2D eigenvalue weighted by molar-refractivity contribution is -0.119. The highest BCUT2D eigenvalue weighted by molar-refractivity contribution is 7.92. The molecule has 1 N–H and O–H groups in total. The zero-order valence-corrected chi connectivity index (χ0v) is 13.9. The van der Waals surface area contributed by atoms with Crippen molar-refractivity contribution in [2.24, 2.45) is 0 Å². The average molecular weight is 356 g/mol. The molecule has 1 unspecified atom stereocenters. The van der Waals surface area contributed by atoms with Crippen LogP contribution in [0.25, 0.3) is 0 Å². The van der Waals surface area contributed by atoms with Crippen LogP contribution < -0.4 is 5.32 Å². The van der Waals surface area contributed by atoms with E-state index in [-0.39, 0.29) is 4.90 Å². The maximum atomic E-state index is 13.6. The summed E-state index contributed by atoms with van der Waals surface area (Å²) < 4.78 is 38.0. The van der Waals surface area contributed by atoms with Gasteiger partial charge < -0.3 is 5.32 Å². The van der Waals surface area contributed by atoms with Crippen molar-refractivity contribution in [1.82, 2.24) is 5.32 Å². The molecule has 122 valence electrons. The number of carbonyl (C=O) groups excluding carboxylic acids is 1. The minimum absolute atomic E-state index is 0.00981. The number of amides is 1. The third-order valence-corrected chi connectivity index (χ3v) is 5.13. The van der Waals surface area contributed by atoms with E-state index >= 15 is 0 Å². The monoisotopic (exact) mass is 355 g/mol. The first-order valence-electron chi connectivity index (χ1n) is 6.82. The molecule has 0 heterocycles. The van der Waals surface area contributed by atoms with Crippen LogP contribution in [0.15, 0.2) is 53.4 Å². The lowest BCUT2D eigenvalue weighted by Crippen LogP contribution is -2.32. The van der Waals surface area contributed by atoms with Gasteiger partial charge in [0.05, 0.1) is 10.9 Å². The van der Waals surface area contributed by atoms with Gasteiger partial charge in [0.15, 0.2) is 9.84 Å². The van der Waals surface area contributed by atoms with Crippen molar-refractivity contribution in [3.8, 4) is 0 Å². The number of rotatable bonds is 5. The highest BCUT2D eigenvalue weighted by Gasteiger charge is 2.21. The first-order chi connectivity index (χ1) is 10.8. The molecule has 0 aliphatic heterocycles. The quantitative estimate of drug-likeness (QED) is 0.896. The first kappa shape index (κ1) is 17.4. The lowest BCUT2D eigenvalue weighted by Gasteiger charge is -2.15. The molecule has 0 saturated carbocycles. The molecule has 0 bridgehead atoms. The van der Waals surface area contributed by atoms with Crippen LogP contribution in [-0.4, -0.2) is 20.1 Å². The van der Waals surface area contributed by atoms with E-state index in [4.69, 9.17) is 11.6 Å². The van der Waals surface area contributed by atoms with Crippen LogP contribution in [0.3, 0.4) is 0 Å². The largest absolute Gasteiger partial charge is 0.349 e. The van der Waals surface area contributed by atoms with Crippen molar-refractivity contribution >= 4 is 27.3 Å². The van der Waals surface area contributed by atoms with E-state index < -0.39 is 33.4 Å². The van der Waals surface area contributed by atoms with Crippen molar-refractivity contribution in [1.29, 1.82) is 0 Å². The third-order valence-electron chi connectivity index (χ3n) is 3.24. The van der Waals surface area contributed by atoms with Gasteiger partial charge in [-0.15, -0.1) is 0 Å². The normalized spacial score (nSPS) is 12.7. The number of sulfone groups is 1. The second-order valence-electron chi connectivity index (χ2n) is 5.02. The molecule has 0 spiro atoms. The van der Waals surface area contributed by atoms with Crippen LogP contribution in [0.1, 0.15) is 18.5 Å². The molecular formula is C16H15ClFNO3S. The lowest BCUT2D eigenvalue weighted by atomic mass is 10.1. The molecular weight excluding hydrogens is 341 g/mol. The molecule has 0 radical (unpaired) electrons. The summed E-state index contributed by atoms with van der Waals surface area (Å²) in [6.45, 7) is 1.59. The van der Waals surface area contributed by atoms with E-state index in [2.05, 4.69) is 5.32 Å². The van der Waals surface area contributed by atoms with Crippen LogP contribution in [0.2, 0.25) is 5.02 Å². The van der Waals surface area contributed by atoms with Crippen molar-refractivity contribution in [3.05, 3.63) is 64.9 Å². The van der Waals surface area contributed by atoms with Crippen molar-refractivity contribution in [3.63, 3.8) is 0 Å². The molecule has 0 aliphatic rings. The maximum Gasteiger partial charge on any atom is 0.236 e. The zero-order valence-electron chi connectivity index (χ0n) is 12.3. The number of hydrogen-bond acceptors (Lipinski definition) is 3. The van der Waals surface area contributed by atoms with Crippen LogP contribution >= 0.6 is 11.6 Å². The van der Waals surface area contributed by atoms with Crippen LogP contribution in [-0.2, 0) is 14.6 Å². The molecule has 4 nitrogen and oxygen atoms in total. The SMILES string of the molecule is CC(NC(=O)CS(=O)(=O)c1ccc(Cl)cc1)c1ccccc1F. The summed E-state index contributed by atoms with van der Waals surface area (Å²) in [5, 5.41) is 2.89. The summed E-state index contributed by atoms with van der Waals surface area (Å²) in [6, 6.07) is 10.9. The highest BCUT2D eigenvalue weighted by Crippen LogP contribution is 2.18. The average Bonchev–Trinajstić information content (AvgIpc) is 2.47. The summed E-state index contributed by atoms with van der Waals surface area (Å²) in [4.78, 5) is 12.0. The summed E-state index contributed by atoms with van der Waals surface area (Å²) in [5.41, 5.74) is 0.296. The van der Waals surface area contributed by atoms with Gasteiger partial charge in [0.25, 0.3) is 0 Å². The fourth-order valence-corrected chi connectivity index (χ4v) is 3.36. The molecule has 7 heteroatoms. The van der Waals surface area contributed by atoms with E-state index in [1.165, 1.54) is 36.4 Å². The van der Waals surface area contributed by atoms with Crippen LogP contribution in [0.4, 0.5) is 4.39 Å². The fraction of sp³-hybridized carbons (Fsp3) is 0.188. The molecule has 0 saturated heterocycles. The van der Waals surface area contributed by atoms with Crippen LogP contribution in [0.5, 0.6) is 0 Å². The van der Waals surface area contributed by atoms with Gasteiger partial charge in [-0.1, -0.05) is 29.8 Å². The summed E-state index contributed by atoms with van der Waals surface area (Å²) in [6.07, 6.45) is 0. The summed E-state index contributed by atoms with van der Waals surface area (Å²) in [7, 11) is -3.78. The van der Waals surface area contributed by atoms with Crippen LogP contribution in [0, 0.1) is 5.82 Å². The summed E-state index contributed by atoms with van der Waals surface area (Å²) in [5.74, 6) is -1.87. The van der Waals surface area contributed by atoms with Gasteiger partial charge in [-0.3, -0.25) is 4.79 Å². The Morgan fingerprint density at radius 1 is 1.17 bits per heavy atom. The van der Waals surface area contributed by atoms with Gasteiger partial charge in [-0.05, 0) is 37.3 Å². The van der Waals surface area contributed by atoms with Gasteiger partial charge in [0, 0.05) is 10.6 Å². The standard InChI is InChI=1S/C16H15ClFNO3S/c1-11(14-4-2-3-5-15(14)18)19-16(20)10-23(21,22)13-8-6-12(17)7-9-13/h2-9,11H,10H2,1H3,(H,19,20). The minimum atomic E-state index is -3.78. The van der Waals surface area contributed by atoms with Gasteiger partial charge >= 0.3 is 0 Å². The van der Waals surface area contributed by atoms with Gasteiger partial charge in [0.1, 0.15) is 11.6 Å². The van der Waals surface area contributed by atoms with E-state index in [1.807, 2.05) is 0 Å². The smallest absolute Gasteiger partial charge is 0.236 e. The van der Waals surface area contributed by atoms with Gasteiger partial charge in [0.2, 0.25) is 5.91 Å². The number of carbonyl (C=O) groups is 1. The Kier molecular flexibility index (Phi) is 5.38. The number of benzene rings is 2. The second-order valence-corrected chi connectivity index (χ2v) is 7.45. The Balaban J connectivity index is 2.07. The molecule has 2 aromatic carbocycles. The predicted molar refractivity (Wildman–Crippen MR) is 86.5 cm³/mol. The topological polar surface area (TPSA) is 63.2 Å². The highest BCUT2D eigenvalue weighted by atomic mass is 35.5. The molecule has 0 aromatic heterocycles. The minimum Gasteiger partial charge on any atom is -0.349 e. The Morgan fingerprint density at radius 2 is 1.78 bits per heavy atom. The molecule has 2 rings (SSSR count). The number of hydrogen-bond donors (Lipinski definition) is 1. The molecule has 23 heavy (non-hydrogen) atoms. The maximum absolute atomic E-state index is 13.6. The van der Waals surface area contributed by atoms with E-state index in [0.29, 0.717) is 10.6 Å². The van der Waals surface area contributed by atoms with Gasteiger partial charge in [-0.2, -0.15) is 0 Å². The van der Waals surface area contributed by atoms with Gasteiger partial charge in [-0.25, -0.2) is 12.8 Å². The first-order valence-corrected chi connectivity index (χ1v) is 8.85. The summed E-state index contributed by atoms with van der Waals surface area (Å²) >= 11 is 5.71. The Bertz CT molecular complexity index is 806. The van der Waals surface area contributed by atoms with E-state index in [0.717, 1.165) is 0 Å². The van der Waals surface area contributed by atoms with Crippen molar-refractivity contribution in [2.45, 2.75) is 17.9 Å². The van der Waals surface area contributed by atoms with Crippen molar-refractivity contribution < 1.29 is 17.6 Å². The third kappa shape index (κ3) is 4.53. The number of nitrogens with one attached hydrogen (secondary N) is 1. The Hall–Kier alpha value is -1.92. The van der Waals surface area contributed by atoms with Crippen molar-refractivity contribution in [2.75, 3.05) is 5.75 Å². The molecule has 0 fully saturated rings.